The number of hydrogen-bond donors (Lipinski definition) is 1. The summed E-state index contributed by atoms with van der Waals surface area (Å²) < 4.78 is 40.6. The van der Waals surface area contributed by atoms with Gasteiger partial charge in [0.1, 0.15) is 18.2 Å². The summed E-state index contributed by atoms with van der Waals surface area (Å²) in [4.78, 5) is 8.67. The lowest BCUT2D eigenvalue weighted by molar-refractivity contribution is -0.173. The second kappa shape index (κ2) is 8.17. The molecule has 0 radical (unpaired) electrons. The second-order valence-corrected chi connectivity index (χ2v) is 5.09. The van der Waals surface area contributed by atoms with E-state index in [1.807, 2.05) is 26.8 Å². The van der Waals surface area contributed by atoms with Gasteiger partial charge in [-0.3, -0.25) is 0 Å². The smallest absolute Gasteiger partial charge is 0.372 e. The number of ether oxygens (including phenoxy) is 1. The number of anilines is 1. The summed E-state index contributed by atoms with van der Waals surface area (Å²) in [6.45, 7) is 5.57. The normalized spacial score (nSPS) is 12.0. The number of aromatic nitrogens is 2. The molecule has 0 saturated carbocycles. The van der Waals surface area contributed by atoms with E-state index in [1.165, 1.54) is 0 Å². The second-order valence-electron chi connectivity index (χ2n) is 5.09. The molecule has 0 spiro atoms. The number of nitrogens with one attached hydrogen (secondary N) is 1. The molecule has 1 heterocycles. The van der Waals surface area contributed by atoms with Gasteiger partial charge in [0.05, 0.1) is 6.61 Å². The Morgan fingerprint density at radius 3 is 2.57 bits per heavy atom. The SMILES string of the molecule is CCCNc1cc(C(C)C)nc(CCOCC(F)(F)F)n1. The van der Waals surface area contributed by atoms with Crippen LogP contribution in [0.5, 0.6) is 0 Å². The van der Waals surface area contributed by atoms with Gasteiger partial charge in [-0.25, -0.2) is 9.97 Å². The van der Waals surface area contributed by atoms with Gasteiger partial charge in [0, 0.05) is 24.7 Å². The van der Waals surface area contributed by atoms with Crippen molar-refractivity contribution in [3.05, 3.63) is 17.6 Å². The molecule has 4 nitrogen and oxygen atoms in total. The van der Waals surface area contributed by atoms with Gasteiger partial charge in [-0.05, 0) is 12.3 Å². The standard InChI is InChI=1S/C14H22F3N3O/c1-4-6-18-13-8-11(10(2)3)19-12(20-13)5-7-21-9-14(15,16)17/h8,10H,4-7,9H2,1-3H3,(H,18,19,20). The van der Waals surface area contributed by atoms with Crippen LogP contribution in [0.25, 0.3) is 0 Å². The molecule has 0 aliphatic rings. The van der Waals surface area contributed by atoms with Crippen molar-refractivity contribution in [2.45, 2.75) is 45.7 Å². The van der Waals surface area contributed by atoms with Gasteiger partial charge in [-0.2, -0.15) is 13.2 Å². The van der Waals surface area contributed by atoms with Gasteiger partial charge in [-0.15, -0.1) is 0 Å². The highest BCUT2D eigenvalue weighted by Crippen LogP contribution is 2.17. The van der Waals surface area contributed by atoms with E-state index in [1.54, 1.807) is 0 Å². The molecule has 1 aromatic rings. The Labute approximate surface area is 123 Å². The summed E-state index contributed by atoms with van der Waals surface area (Å²) in [6, 6.07) is 1.88. The van der Waals surface area contributed by atoms with Crippen LogP contribution >= 0.6 is 0 Å². The lowest BCUT2D eigenvalue weighted by Crippen LogP contribution is -2.18. The van der Waals surface area contributed by atoms with Crippen LogP contribution in [0.4, 0.5) is 19.0 Å². The first-order valence-electron chi connectivity index (χ1n) is 7.08. The van der Waals surface area contributed by atoms with Crippen molar-refractivity contribution >= 4 is 5.82 Å². The Kier molecular flexibility index (Phi) is 6.87. The first-order valence-corrected chi connectivity index (χ1v) is 7.08. The molecule has 0 saturated heterocycles. The summed E-state index contributed by atoms with van der Waals surface area (Å²) >= 11 is 0. The number of halogens is 3. The molecule has 0 bridgehead atoms. The molecular weight excluding hydrogens is 283 g/mol. The predicted octanol–water partition coefficient (Wildman–Crippen LogP) is 3.54. The number of hydrogen-bond acceptors (Lipinski definition) is 4. The molecule has 0 aromatic carbocycles. The third-order valence-electron chi connectivity index (χ3n) is 2.68. The van der Waals surface area contributed by atoms with Crippen molar-refractivity contribution in [2.24, 2.45) is 0 Å². The third kappa shape index (κ3) is 7.27. The van der Waals surface area contributed by atoms with Gasteiger partial charge in [-0.1, -0.05) is 20.8 Å². The highest BCUT2D eigenvalue weighted by molar-refractivity contribution is 5.36. The zero-order valence-corrected chi connectivity index (χ0v) is 12.6. The minimum Gasteiger partial charge on any atom is -0.372 e. The van der Waals surface area contributed by atoms with Crippen molar-refractivity contribution in [1.82, 2.24) is 9.97 Å². The van der Waals surface area contributed by atoms with Crippen LogP contribution in [-0.4, -0.2) is 35.9 Å². The van der Waals surface area contributed by atoms with Crippen molar-refractivity contribution < 1.29 is 17.9 Å². The zero-order chi connectivity index (χ0) is 15.9. The van der Waals surface area contributed by atoms with Crippen LogP contribution in [0.3, 0.4) is 0 Å². The molecule has 1 rings (SSSR count). The molecule has 7 heteroatoms. The van der Waals surface area contributed by atoms with E-state index in [9.17, 15) is 13.2 Å². The Morgan fingerprint density at radius 2 is 2.00 bits per heavy atom. The van der Waals surface area contributed by atoms with Gasteiger partial charge in [0.25, 0.3) is 0 Å². The molecule has 0 aliphatic heterocycles. The van der Waals surface area contributed by atoms with E-state index < -0.39 is 12.8 Å². The summed E-state index contributed by atoms with van der Waals surface area (Å²) in [6.07, 6.45) is -3.07. The van der Waals surface area contributed by atoms with E-state index in [2.05, 4.69) is 20.0 Å². The lowest BCUT2D eigenvalue weighted by Gasteiger charge is -2.12. The largest absolute Gasteiger partial charge is 0.411 e. The molecule has 0 amide bonds. The number of rotatable bonds is 8. The maximum Gasteiger partial charge on any atom is 0.411 e. The van der Waals surface area contributed by atoms with E-state index in [-0.39, 0.29) is 18.9 Å². The summed E-state index contributed by atoms with van der Waals surface area (Å²) in [5.74, 6) is 1.44. The number of alkyl halides is 3. The Bertz CT molecular complexity index is 436. The van der Waals surface area contributed by atoms with Crippen LogP contribution < -0.4 is 5.32 Å². The molecule has 0 atom stereocenters. The van der Waals surface area contributed by atoms with Crippen molar-refractivity contribution in [1.29, 1.82) is 0 Å². The quantitative estimate of drug-likeness (QED) is 0.746. The molecule has 120 valence electrons. The molecule has 0 unspecified atom stereocenters. The Hall–Kier alpha value is -1.37. The first-order chi connectivity index (χ1) is 9.81. The fourth-order valence-electron chi connectivity index (χ4n) is 1.62. The summed E-state index contributed by atoms with van der Waals surface area (Å²) in [5, 5.41) is 3.17. The molecule has 21 heavy (non-hydrogen) atoms. The van der Waals surface area contributed by atoms with Crippen molar-refractivity contribution in [3.8, 4) is 0 Å². The monoisotopic (exact) mass is 305 g/mol. The van der Waals surface area contributed by atoms with Crippen LogP contribution in [0.15, 0.2) is 6.07 Å². The third-order valence-corrected chi connectivity index (χ3v) is 2.68. The Balaban J connectivity index is 2.64. The van der Waals surface area contributed by atoms with Crippen LogP contribution in [0.1, 0.15) is 44.6 Å². The maximum atomic E-state index is 12.0. The molecule has 0 aliphatic carbocycles. The van der Waals surface area contributed by atoms with Gasteiger partial charge < -0.3 is 10.1 Å². The van der Waals surface area contributed by atoms with E-state index in [4.69, 9.17) is 0 Å². The van der Waals surface area contributed by atoms with Crippen LogP contribution in [0.2, 0.25) is 0 Å². The van der Waals surface area contributed by atoms with E-state index >= 15 is 0 Å². The average molecular weight is 305 g/mol. The maximum absolute atomic E-state index is 12.0. The average Bonchev–Trinajstić information content (AvgIpc) is 2.40. The van der Waals surface area contributed by atoms with Crippen molar-refractivity contribution in [2.75, 3.05) is 25.1 Å². The van der Waals surface area contributed by atoms with Gasteiger partial charge in [0.15, 0.2) is 0 Å². The van der Waals surface area contributed by atoms with Gasteiger partial charge in [0.2, 0.25) is 0 Å². The lowest BCUT2D eigenvalue weighted by atomic mass is 10.1. The fraction of sp³-hybridized carbons (Fsp3) is 0.714. The highest BCUT2D eigenvalue weighted by Gasteiger charge is 2.27. The van der Waals surface area contributed by atoms with Crippen LogP contribution in [-0.2, 0) is 11.2 Å². The van der Waals surface area contributed by atoms with Gasteiger partial charge >= 0.3 is 6.18 Å². The minimum atomic E-state index is -4.30. The first kappa shape index (κ1) is 17.7. The summed E-state index contributed by atoms with van der Waals surface area (Å²) in [5.41, 5.74) is 0.870. The van der Waals surface area contributed by atoms with E-state index in [0.717, 1.165) is 18.7 Å². The van der Waals surface area contributed by atoms with Crippen molar-refractivity contribution in [3.63, 3.8) is 0 Å². The molecule has 0 fully saturated rings. The Morgan fingerprint density at radius 1 is 1.29 bits per heavy atom. The molecular formula is C14H22F3N3O. The molecule has 1 N–H and O–H groups in total. The summed E-state index contributed by atoms with van der Waals surface area (Å²) in [7, 11) is 0. The topological polar surface area (TPSA) is 47.0 Å². The number of nitrogens with zero attached hydrogens (tertiary/aromatic N) is 2. The highest BCUT2D eigenvalue weighted by atomic mass is 19.4. The minimum absolute atomic E-state index is 0.0473. The predicted molar refractivity (Wildman–Crippen MR) is 75.5 cm³/mol. The van der Waals surface area contributed by atoms with Crippen LogP contribution in [0, 0.1) is 0 Å². The molecule has 1 aromatic heterocycles. The van der Waals surface area contributed by atoms with E-state index in [0.29, 0.717) is 11.6 Å². The zero-order valence-electron chi connectivity index (χ0n) is 12.6. The fourth-order valence-corrected chi connectivity index (χ4v) is 1.62.